The molecule has 0 aliphatic heterocycles. The number of urea groups is 1. The first-order chi connectivity index (χ1) is 16.7. The summed E-state index contributed by atoms with van der Waals surface area (Å²) in [7, 11) is 3.38. The molecule has 2 N–H and O–H groups in total. The average Bonchev–Trinajstić information content (AvgIpc) is 3.09. The Morgan fingerprint density at radius 1 is 0.857 bits per heavy atom. The summed E-state index contributed by atoms with van der Waals surface area (Å²) in [4.78, 5) is 29.5. The van der Waals surface area contributed by atoms with Gasteiger partial charge in [0.15, 0.2) is 11.4 Å². The maximum Gasteiger partial charge on any atom is 0.329 e. The fourth-order valence-electron chi connectivity index (χ4n) is 4.04. The van der Waals surface area contributed by atoms with Crippen LogP contribution in [0.5, 0.6) is 11.5 Å². The van der Waals surface area contributed by atoms with Gasteiger partial charge in [-0.25, -0.2) is 14.6 Å². The van der Waals surface area contributed by atoms with E-state index in [0.29, 0.717) is 34.0 Å². The summed E-state index contributed by atoms with van der Waals surface area (Å²) >= 11 is 0. The standard InChI is InChI=1S/C25H27N5O3.C2H6/c1-14-15(2)20(28-24(31)27-18-10-8-7-9-11-18)17(4)22(16(14)3)33-19-12-13-26-23-21(19)29(5)25(32)30(23)6;1-2/h7-13H,1-6H3,(H2,27,28,31);1-2H3. The largest absolute Gasteiger partial charge is 0.454 e. The molecule has 184 valence electrons. The van der Waals surface area contributed by atoms with Crippen LogP contribution in [0.15, 0.2) is 47.4 Å². The number of imidazole rings is 1. The van der Waals surface area contributed by atoms with Gasteiger partial charge in [-0.1, -0.05) is 32.0 Å². The van der Waals surface area contributed by atoms with Crippen LogP contribution in [0.25, 0.3) is 11.2 Å². The molecule has 0 unspecified atom stereocenters. The van der Waals surface area contributed by atoms with Crippen LogP contribution in [0.3, 0.4) is 0 Å². The van der Waals surface area contributed by atoms with Gasteiger partial charge >= 0.3 is 11.7 Å². The summed E-state index contributed by atoms with van der Waals surface area (Å²) in [5.41, 5.74) is 6.10. The van der Waals surface area contributed by atoms with Crippen LogP contribution >= 0.6 is 0 Å². The highest BCUT2D eigenvalue weighted by atomic mass is 16.5. The number of fused-ring (bicyclic) bond motifs is 1. The predicted molar refractivity (Wildman–Crippen MR) is 142 cm³/mol. The zero-order chi connectivity index (χ0) is 25.9. The van der Waals surface area contributed by atoms with E-state index in [2.05, 4.69) is 15.6 Å². The van der Waals surface area contributed by atoms with E-state index in [1.54, 1.807) is 26.4 Å². The number of carbonyl (C=O) groups is 1. The minimum atomic E-state index is -0.335. The van der Waals surface area contributed by atoms with Crippen LogP contribution in [-0.2, 0) is 14.1 Å². The van der Waals surface area contributed by atoms with E-state index in [1.165, 1.54) is 9.13 Å². The number of hydrogen-bond donors (Lipinski definition) is 2. The lowest BCUT2D eigenvalue weighted by Gasteiger charge is -2.21. The third-order valence-electron chi connectivity index (χ3n) is 6.13. The van der Waals surface area contributed by atoms with Gasteiger partial charge in [0.2, 0.25) is 0 Å². The van der Waals surface area contributed by atoms with Crippen LogP contribution in [0.1, 0.15) is 36.1 Å². The molecule has 8 nitrogen and oxygen atoms in total. The molecular weight excluding hydrogens is 442 g/mol. The lowest BCUT2D eigenvalue weighted by atomic mass is 9.97. The van der Waals surface area contributed by atoms with Crippen LogP contribution in [-0.4, -0.2) is 20.1 Å². The van der Waals surface area contributed by atoms with E-state index in [0.717, 1.165) is 22.3 Å². The first-order valence-corrected chi connectivity index (χ1v) is 11.6. The molecule has 2 amide bonds. The smallest absolute Gasteiger partial charge is 0.329 e. The Kier molecular flexibility index (Phi) is 7.64. The van der Waals surface area contributed by atoms with Gasteiger partial charge in [0.25, 0.3) is 0 Å². The fourth-order valence-corrected chi connectivity index (χ4v) is 4.04. The molecule has 0 saturated heterocycles. The molecule has 2 aromatic heterocycles. The van der Waals surface area contributed by atoms with E-state index in [-0.39, 0.29) is 11.7 Å². The molecule has 0 radical (unpaired) electrons. The SMILES string of the molecule is CC.Cc1c(C)c(NC(=O)Nc2ccccc2)c(C)c(Oc2ccnc3c2n(C)c(=O)n3C)c1C. The second-order valence-electron chi connectivity index (χ2n) is 8.13. The van der Waals surface area contributed by atoms with Gasteiger partial charge in [0.05, 0.1) is 5.69 Å². The Labute approximate surface area is 205 Å². The van der Waals surface area contributed by atoms with Crippen molar-refractivity contribution in [2.75, 3.05) is 10.6 Å². The van der Waals surface area contributed by atoms with Crippen molar-refractivity contribution < 1.29 is 9.53 Å². The van der Waals surface area contributed by atoms with Gasteiger partial charge in [-0.15, -0.1) is 0 Å². The molecule has 0 bridgehead atoms. The molecule has 0 aliphatic rings. The lowest BCUT2D eigenvalue weighted by Crippen LogP contribution is -2.21. The highest BCUT2D eigenvalue weighted by molar-refractivity contribution is 6.01. The van der Waals surface area contributed by atoms with Crippen molar-refractivity contribution in [3.63, 3.8) is 0 Å². The maximum absolute atomic E-state index is 12.7. The Morgan fingerprint density at radius 2 is 1.51 bits per heavy atom. The van der Waals surface area contributed by atoms with Crippen molar-refractivity contribution >= 4 is 28.6 Å². The molecular formula is C27H33N5O3. The number of carbonyl (C=O) groups excluding carboxylic acids is 1. The number of anilines is 2. The number of para-hydroxylation sites is 1. The fraction of sp³-hybridized carbons (Fsp3) is 0.296. The zero-order valence-corrected chi connectivity index (χ0v) is 21.6. The molecule has 4 rings (SSSR count). The third kappa shape index (κ3) is 4.77. The Balaban J connectivity index is 0.00000167. The van der Waals surface area contributed by atoms with Crippen molar-refractivity contribution in [1.82, 2.24) is 14.1 Å². The van der Waals surface area contributed by atoms with Crippen molar-refractivity contribution in [2.24, 2.45) is 14.1 Å². The van der Waals surface area contributed by atoms with Gasteiger partial charge in [-0.05, 0) is 56.5 Å². The van der Waals surface area contributed by atoms with Gasteiger partial charge in [-0.2, -0.15) is 0 Å². The van der Waals surface area contributed by atoms with Crippen LogP contribution in [0.2, 0.25) is 0 Å². The second-order valence-corrected chi connectivity index (χ2v) is 8.13. The van der Waals surface area contributed by atoms with Gasteiger partial charge in [-0.3, -0.25) is 9.13 Å². The van der Waals surface area contributed by atoms with Crippen LogP contribution in [0.4, 0.5) is 16.2 Å². The number of nitrogens with zero attached hydrogens (tertiary/aromatic N) is 3. The van der Waals surface area contributed by atoms with Gasteiger partial charge in [0, 0.05) is 37.6 Å². The summed E-state index contributed by atoms with van der Waals surface area (Å²) in [6, 6.07) is 10.7. The number of benzene rings is 2. The first-order valence-electron chi connectivity index (χ1n) is 11.6. The molecule has 0 spiro atoms. The molecule has 2 heterocycles. The molecule has 4 aromatic rings. The van der Waals surface area contributed by atoms with E-state index in [4.69, 9.17) is 4.74 Å². The molecule has 35 heavy (non-hydrogen) atoms. The van der Waals surface area contributed by atoms with E-state index >= 15 is 0 Å². The molecule has 0 fully saturated rings. The number of rotatable bonds is 4. The summed E-state index contributed by atoms with van der Waals surface area (Å²) in [5, 5.41) is 5.83. The number of pyridine rings is 1. The molecule has 0 aliphatic carbocycles. The Hall–Kier alpha value is -4.07. The topological polar surface area (TPSA) is 90.2 Å². The van der Waals surface area contributed by atoms with Crippen LogP contribution < -0.4 is 21.1 Å². The quantitative estimate of drug-likeness (QED) is 0.381. The van der Waals surface area contributed by atoms with Gasteiger partial charge < -0.3 is 15.4 Å². The normalized spacial score (nSPS) is 10.5. The number of aromatic nitrogens is 3. The highest BCUT2D eigenvalue weighted by Gasteiger charge is 2.21. The minimum absolute atomic E-state index is 0.179. The number of ether oxygens (including phenoxy) is 1. The third-order valence-corrected chi connectivity index (χ3v) is 6.13. The Morgan fingerprint density at radius 3 is 2.17 bits per heavy atom. The van der Waals surface area contributed by atoms with Crippen LogP contribution in [0, 0.1) is 27.7 Å². The van der Waals surface area contributed by atoms with E-state index < -0.39 is 0 Å². The number of aryl methyl sites for hydroxylation is 2. The second kappa shape index (κ2) is 10.5. The number of hydrogen-bond acceptors (Lipinski definition) is 4. The molecule has 0 saturated carbocycles. The zero-order valence-electron chi connectivity index (χ0n) is 21.6. The van der Waals surface area contributed by atoms with E-state index in [9.17, 15) is 9.59 Å². The highest BCUT2D eigenvalue weighted by Crippen LogP contribution is 2.39. The lowest BCUT2D eigenvalue weighted by molar-refractivity contribution is 0.262. The van der Waals surface area contributed by atoms with E-state index in [1.807, 2.05) is 71.9 Å². The first kappa shape index (κ1) is 25.6. The van der Waals surface area contributed by atoms with Crippen molar-refractivity contribution in [1.29, 1.82) is 0 Å². The average molecular weight is 476 g/mol. The molecule has 8 heteroatoms. The summed E-state index contributed by atoms with van der Waals surface area (Å²) in [6.45, 7) is 11.9. The summed E-state index contributed by atoms with van der Waals surface area (Å²) in [5.74, 6) is 1.16. The van der Waals surface area contributed by atoms with Crippen molar-refractivity contribution in [3.8, 4) is 11.5 Å². The molecule has 0 atom stereocenters. The molecule has 2 aromatic carbocycles. The number of amides is 2. The summed E-state index contributed by atoms with van der Waals surface area (Å²) < 4.78 is 9.41. The summed E-state index contributed by atoms with van der Waals surface area (Å²) in [6.07, 6.45) is 1.62. The Bertz CT molecular complexity index is 1440. The monoisotopic (exact) mass is 475 g/mol. The maximum atomic E-state index is 12.7. The minimum Gasteiger partial charge on any atom is -0.454 e. The van der Waals surface area contributed by atoms with Gasteiger partial charge in [0.1, 0.15) is 11.3 Å². The predicted octanol–water partition coefficient (Wildman–Crippen LogP) is 5.97. The van der Waals surface area contributed by atoms with Crippen molar-refractivity contribution in [3.05, 3.63) is 75.3 Å². The van der Waals surface area contributed by atoms with Crippen molar-refractivity contribution in [2.45, 2.75) is 41.5 Å². The number of nitrogens with one attached hydrogen (secondary N) is 2.